The largest absolute Gasteiger partial charge is 0.491 e. The second-order valence-electron chi connectivity index (χ2n) is 10.2. The molecule has 33 heavy (non-hydrogen) atoms. The number of ether oxygens (including phenoxy) is 1. The molecule has 0 aromatic heterocycles. The van der Waals surface area contributed by atoms with Gasteiger partial charge in [0, 0.05) is 26.1 Å². The Morgan fingerprint density at radius 3 is 2.48 bits per heavy atom. The molecular weight excluding hydrogens is 414 g/mol. The minimum absolute atomic E-state index is 0.0219. The van der Waals surface area contributed by atoms with Gasteiger partial charge in [0.05, 0.1) is 11.6 Å². The Balaban J connectivity index is 1.81. The van der Waals surface area contributed by atoms with Crippen LogP contribution in [0.3, 0.4) is 0 Å². The van der Waals surface area contributed by atoms with Crippen molar-refractivity contribution >= 4 is 11.8 Å². The first-order chi connectivity index (χ1) is 15.9. The molecule has 3 rings (SSSR count). The summed E-state index contributed by atoms with van der Waals surface area (Å²) in [6.07, 6.45) is 5.54. The molecule has 6 nitrogen and oxygen atoms in total. The first-order valence-electron chi connectivity index (χ1n) is 12.9. The highest BCUT2D eigenvalue weighted by molar-refractivity contribution is 5.96. The number of para-hydroxylation sites is 1. The molecule has 6 heteroatoms. The molecule has 1 saturated heterocycles. The fourth-order valence-corrected chi connectivity index (χ4v) is 5.08. The Bertz CT molecular complexity index is 774. The van der Waals surface area contributed by atoms with Crippen LogP contribution in [0.5, 0.6) is 5.75 Å². The predicted molar refractivity (Wildman–Crippen MR) is 133 cm³/mol. The summed E-state index contributed by atoms with van der Waals surface area (Å²) in [6.45, 7) is 11.1. The first-order valence-corrected chi connectivity index (χ1v) is 12.9. The highest BCUT2D eigenvalue weighted by atomic mass is 16.5. The molecule has 0 saturated carbocycles. The Labute approximate surface area is 200 Å². The molecule has 1 aromatic carbocycles. The topological polar surface area (TPSA) is 53.1 Å². The van der Waals surface area contributed by atoms with Crippen molar-refractivity contribution in [3.8, 4) is 5.75 Å². The van der Waals surface area contributed by atoms with Crippen molar-refractivity contribution in [2.75, 3.05) is 46.4 Å². The molecule has 0 aliphatic carbocycles. The molecule has 1 fully saturated rings. The average Bonchev–Trinajstić information content (AvgIpc) is 2.79. The van der Waals surface area contributed by atoms with Crippen LogP contribution in [-0.4, -0.2) is 78.9 Å². The lowest BCUT2D eigenvalue weighted by Gasteiger charge is -2.36. The van der Waals surface area contributed by atoms with Gasteiger partial charge in [-0.25, -0.2) is 0 Å². The average molecular weight is 458 g/mol. The van der Waals surface area contributed by atoms with E-state index in [-0.39, 0.29) is 17.9 Å². The maximum Gasteiger partial charge on any atom is 0.257 e. The van der Waals surface area contributed by atoms with Gasteiger partial charge in [-0.1, -0.05) is 26.0 Å². The van der Waals surface area contributed by atoms with Crippen LogP contribution >= 0.6 is 0 Å². The number of rotatable bonds is 5. The Morgan fingerprint density at radius 1 is 1.09 bits per heavy atom. The van der Waals surface area contributed by atoms with Gasteiger partial charge in [-0.05, 0) is 83.1 Å². The van der Waals surface area contributed by atoms with Crippen LogP contribution in [0.15, 0.2) is 24.3 Å². The van der Waals surface area contributed by atoms with Gasteiger partial charge in [-0.15, -0.1) is 0 Å². The number of carbonyl (C=O) groups excluding carboxylic acids is 2. The number of nitrogens with zero attached hydrogens (tertiary/aromatic N) is 3. The van der Waals surface area contributed by atoms with Crippen molar-refractivity contribution in [1.82, 2.24) is 14.7 Å². The van der Waals surface area contributed by atoms with Gasteiger partial charge in [0.2, 0.25) is 5.91 Å². The molecule has 184 valence electrons. The molecule has 2 aliphatic rings. The zero-order valence-electron chi connectivity index (χ0n) is 21.1. The van der Waals surface area contributed by atoms with Crippen molar-refractivity contribution in [3.05, 3.63) is 29.8 Å². The molecular formula is C27H43N3O3. The lowest BCUT2D eigenvalue weighted by atomic mass is 9.92. The summed E-state index contributed by atoms with van der Waals surface area (Å²) < 4.78 is 6.27. The van der Waals surface area contributed by atoms with Crippen LogP contribution in [0.1, 0.15) is 69.7 Å². The number of benzene rings is 1. The second-order valence-corrected chi connectivity index (χ2v) is 10.2. The smallest absolute Gasteiger partial charge is 0.257 e. The second kappa shape index (κ2) is 12.4. The van der Waals surface area contributed by atoms with Crippen LogP contribution in [0.25, 0.3) is 0 Å². The van der Waals surface area contributed by atoms with Gasteiger partial charge in [-0.3, -0.25) is 9.59 Å². The van der Waals surface area contributed by atoms with E-state index in [1.165, 1.54) is 0 Å². The Morgan fingerprint density at radius 2 is 1.79 bits per heavy atom. The van der Waals surface area contributed by atoms with Gasteiger partial charge in [-0.2, -0.15) is 0 Å². The SMILES string of the molecule is CCN1CCCCN(C(=O)CC2CCN(C)CC2)[C@@H](CC(C)C)COc2ccccc2C1=O. The number of hydrogen-bond donors (Lipinski definition) is 0. The summed E-state index contributed by atoms with van der Waals surface area (Å²) >= 11 is 0. The maximum absolute atomic E-state index is 13.6. The number of fused-ring (bicyclic) bond motifs is 1. The predicted octanol–water partition coefficient (Wildman–Crippen LogP) is 4.30. The molecule has 0 radical (unpaired) electrons. The third kappa shape index (κ3) is 7.20. The minimum Gasteiger partial charge on any atom is -0.491 e. The number of amides is 2. The van der Waals surface area contributed by atoms with Crippen LogP contribution < -0.4 is 4.74 Å². The molecule has 2 aliphatic heterocycles. The summed E-state index contributed by atoms with van der Waals surface area (Å²) in [7, 11) is 2.16. The lowest BCUT2D eigenvalue weighted by molar-refractivity contribution is -0.136. The van der Waals surface area contributed by atoms with E-state index in [4.69, 9.17) is 4.74 Å². The molecule has 0 N–H and O–H groups in total. The van der Waals surface area contributed by atoms with Gasteiger partial charge >= 0.3 is 0 Å². The standard InChI is InChI=1S/C27H43N3O3/c1-5-29-14-8-9-15-30(26(31)19-22-12-16-28(4)17-13-22)23(18-21(2)3)20-33-25-11-7-6-10-24(25)27(29)32/h6-7,10-11,21-23H,5,8-9,12-20H2,1-4H3/t23-/m0/s1. The number of hydrogen-bond acceptors (Lipinski definition) is 4. The van der Waals surface area contributed by atoms with Crippen LogP contribution in [-0.2, 0) is 4.79 Å². The number of likely N-dealkylation sites (tertiary alicyclic amines) is 1. The van der Waals surface area contributed by atoms with Crippen LogP contribution in [0, 0.1) is 11.8 Å². The molecule has 1 atom stereocenters. The molecule has 1 aromatic rings. The van der Waals surface area contributed by atoms with Gasteiger partial charge in [0.25, 0.3) is 5.91 Å². The van der Waals surface area contributed by atoms with Gasteiger partial charge < -0.3 is 19.4 Å². The van der Waals surface area contributed by atoms with Crippen LogP contribution in [0.4, 0.5) is 0 Å². The summed E-state index contributed by atoms with van der Waals surface area (Å²) in [5, 5.41) is 0. The highest BCUT2D eigenvalue weighted by Gasteiger charge is 2.29. The summed E-state index contributed by atoms with van der Waals surface area (Å²) in [4.78, 5) is 33.1. The van der Waals surface area contributed by atoms with E-state index >= 15 is 0 Å². The van der Waals surface area contributed by atoms with E-state index in [2.05, 4.69) is 30.7 Å². The monoisotopic (exact) mass is 457 g/mol. The zero-order valence-corrected chi connectivity index (χ0v) is 21.1. The van der Waals surface area contributed by atoms with Crippen molar-refractivity contribution in [3.63, 3.8) is 0 Å². The summed E-state index contributed by atoms with van der Waals surface area (Å²) in [5.74, 6) is 1.86. The van der Waals surface area contributed by atoms with E-state index in [0.29, 0.717) is 49.3 Å². The summed E-state index contributed by atoms with van der Waals surface area (Å²) in [6, 6.07) is 7.56. The maximum atomic E-state index is 13.6. The highest BCUT2D eigenvalue weighted by Crippen LogP contribution is 2.25. The minimum atomic E-state index is 0.0219. The number of piperidine rings is 1. The molecule has 0 bridgehead atoms. The van der Waals surface area contributed by atoms with E-state index in [9.17, 15) is 9.59 Å². The normalized spacial score (nSPS) is 21.8. The van der Waals surface area contributed by atoms with E-state index in [1.54, 1.807) is 0 Å². The molecule has 2 amide bonds. The Kier molecular flexibility index (Phi) is 9.60. The van der Waals surface area contributed by atoms with Crippen molar-refractivity contribution in [2.24, 2.45) is 11.8 Å². The zero-order chi connectivity index (χ0) is 23.8. The third-order valence-corrected chi connectivity index (χ3v) is 7.10. The van der Waals surface area contributed by atoms with Crippen molar-refractivity contribution in [2.45, 2.75) is 65.3 Å². The van der Waals surface area contributed by atoms with Crippen molar-refractivity contribution < 1.29 is 14.3 Å². The van der Waals surface area contributed by atoms with Gasteiger partial charge in [0.1, 0.15) is 12.4 Å². The van der Waals surface area contributed by atoms with Crippen LogP contribution in [0.2, 0.25) is 0 Å². The molecule has 0 spiro atoms. The molecule has 0 unspecified atom stereocenters. The molecule has 2 heterocycles. The third-order valence-electron chi connectivity index (χ3n) is 7.10. The number of carbonyl (C=O) groups is 2. The fourth-order valence-electron chi connectivity index (χ4n) is 5.08. The fraction of sp³-hybridized carbons (Fsp3) is 0.704. The van der Waals surface area contributed by atoms with Crippen molar-refractivity contribution in [1.29, 1.82) is 0 Å². The lowest BCUT2D eigenvalue weighted by Crippen LogP contribution is -2.46. The van der Waals surface area contributed by atoms with E-state index in [0.717, 1.165) is 51.7 Å². The Hall–Kier alpha value is -2.08. The van der Waals surface area contributed by atoms with E-state index in [1.807, 2.05) is 36.1 Å². The van der Waals surface area contributed by atoms with Gasteiger partial charge in [0.15, 0.2) is 0 Å². The van der Waals surface area contributed by atoms with E-state index < -0.39 is 0 Å². The summed E-state index contributed by atoms with van der Waals surface area (Å²) in [5.41, 5.74) is 0.618. The quantitative estimate of drug-likeness (QED) is 0.662. The first kappa shape index (κ1) is 25.5.